The maximum atomic E-state index is 12.6. The van der Waals surface area contributed by atoms with E-state index in [9.17, 15) is 24.9 Å². The zero-order chi connectivity index (χ0) is 22.1. The minimum atomic E-state index is -0.650. The van der Waals surface area contributed by atoms with Crippen LogP contribution >= 0.6 is 0 Å². The number of carbonyl (C=O) groups is 2. The fourth-order valence-corrected chi connectivity index (χ4v) is 3.53. The first kappa shape index (κ1) is 21.5. The molecule has 1 aliphatic rings. The summed E-state index contributed by atoms with van der Waals surface area (Å²) in [6.45, 7) is 7.25. The molecule has 1 fully saturated rings. The highest BCUT2D eigenvalue weighted by molar-refractivity contribution is 5.96. The Balaban J connectivity index is 1.56. The van der Waals surface area contributed by atoms with Crippen LogP contribution in [0.15, 0.2) is 36.4 Å². The summed E-state index contributed by atoms with van der Waals surface area (Å²) in [6, 6.07) is 9.83. The molecule has 2 aromatic rings. The highest BCUT2D eigenvalue weighted by Gasteiger charge is 2.26. The average molecular weight is 412 g/mol. The Morgan fingerprint density at radius 3 is 1.97 bits per heavy atom. The predicted octanol–water partition coefficient (Wildman–Crippen LogP) is 3.14. The number of aromatic hydroxyl groups is 3. The van der Waals surface area contributed by atoms with Crippen LogP contribution in [0.3, 0.4) is 0 Å². The Labute approximate surface area is 176 Å². The molecular weight excluding hydrogens is 384 g/mol. The number of hydrogen-bond donors (Lipinski definition) is 4. The summed E-state index contributed by atoms with van der Waals surface area (Å²) in [5.41, 5.74) is 1.90. The van der Waals surface area contributed by atoms with E-state index in [1.807, 2.05) is 24.3 Å². The van der Waals surface area contributed by atoms with Gasteiger partial charge in [0.05, 0.1) is 0 Å². The van der Waals surface area contributed by atoms with E-state index in [1.54, 1.807) is 4.90 Å². The van der Waals surface area contributed by atoms with Crippen molar-refractivity contribution in [3.63, 3.8) is 0 Å². The minimum Gasteiger partial charge on any atom is -0.504 e. The van der Waals surface area contributed by atoms with Gasteiger partial charge in [0.2, 0.25) is 0 Å². The van der Waals surface area contributed by atoms with Gasteiger partial charge in [-0.05, 0) is 48.1 Å². The number of rotatable bonds is 3. The number of amides is 2. The van der Waals surface area contributed by atoms with Crippen LogP contribution in [0.1, 0.15) is 59.9 Å². The lowest BCUT2D eigenvalue weighted by Gasteiger charge is -2.32. The Morgan fingerprint density at radius 1 is 0.933 bits per heavy atom. The number of hydrogen-bond acceptors (Lipinski definition) is 5. The first-order valence-corrected chi connectivity index (χ1v) is 10.0. The number of nitrogens with one attached hydrogen (secondary N) is 1. The molecule has 0 aliphatic carbocycles. The molecule has 7 heteroatoms. The molecule has 0 aromatic heterocycles. The number of likely N-dealkylation sites (tertiary alicyclic amines) is 1. The summed E-state index contributed by atoms with van der Waals surface area (Å²) < 4.78 is 0. The normalized spacial score (nSPS) is 15.1. The van der Waals surface area contributed by atoms with Crippen molar-refractivity contribution >= 4 is 11.8 Å². The van der Waals surface area contributed by atoms with Crippen LogP contribution in [-0.2, 0) is 5.41 Å². The zero-order valence-corrected chi connectivity index (χ0v) is 17.5. The van der Waals surface area contributed by atoms with Gasteiger partial charge in [-0.3, -0.25) is 9.59 Å². The lowest BCUT2D eigenvalue weighted by atomic mass is 9.86. The van der Waals surface area contributed by atoms with Crippen molar-refractivity contribution in [1.82, 2.24) is 10.2 Å². The maximum Gasteiger partial charge on any atom is 0.254 e. The summed E-state index contributed by atoms with van der Waals surface area (Å²) in [5.74, 6) is -2.21. The van der Waals surface area contributed by atoms with Gasteiger partial charge in [0.1, 0.15) is 0 Å². The molecule has 2 aromatic carbocycles. The summed E-state index contributed by atoms with van der Waals surface area (Å²) in [5, 5.41) is 31.7. The van der Waals surface area contributed by atoms with Crippen LogP contribution < -0.4 is 5.32 Å². The minimum absolute atomic E-state index is 0.0272. The van der Waals surface area contributed by atoms with E-state index >= 15 is 0 Å². The second-order valence-corrected chi connectivity index (χ2v) is 8.73. The molecule has 2 amide bonds. The number of carbonyl (C=O) groups excluding carboxylic acids is 2. The third-order valence-electron chi connectivity index (χ3n) is 5.45. The molecule has 1 aliphatic heterocycles. The van der Waals surface area contributed by atoms with Gasteiger partial charge in [-0.15, -0.1) is 0 Å². The van der Waals surface area contributed by atoms with Crippen LogP contribution in [0.4, 0.5) is 0 Å². The number of phenolic OH excluding ortho intramolecular Hbond substituents is 3. The summed E-state index contributed by atoms with van der Waals surface area (Å²) in [6.07, 6.45) is 1.21. The van der Waals surface area contributed by atoms with Gasteiger partial charge in [-0.25, -0.2) is 0 Å². The quantitative estimate of drug-likeness (QED) is 0.579. The van der Waals surface area contributed by atoms with Crippen LogP contribution in [0.2, 0.25) is 0 Å². The molecule has 0 unspecified atom stereocenters. The predicted molar refractivity (Wildman–Crippen MR) is 113 cm³/mol. The Kier molecular flexibility index (Phi) is 5.92. The lowest BCUT2D eigenvalue weighted by Crippen LogP contribution is -2.46. The third kappa shape index (κ3) is 4.67. The van der Waals surface area contributed by atoms with Gasteiger partial charge >= 0.3 is 0 Å². The SMILES string of the molecule is CC(C)(C)c1ccc(C(=O)NC2CCN(C(=O)c3cc(O)c(O)c(O)c3)CC2)cc1. The van der Waals surface area contributed by atoms with Crippen molar-refractivity contribution in [2.75, 3.05) is 13.1 Å². The molecule has 0 radical (unpaired) electrons. The van der Waals surface area contributed by atoms with Crippen molar-refractivity contribution in [2.24, 2.45) is 0 Å². The molecule has 0 atom stereocenters. The van der Waals surface area contributed by atoms with Gasteiger partial charge in [0.25, 0.3) is 11.8 Å². The van der Waals surface area contributed by atoms with E-state index in [-0.39, 0.29) is 28.8 Å². The van der Waals surface area contributed by atoms with Gasteiger partial charge in [0.15, 0.2) is 17.2 Å². The summed E-state index contributed by atoms with van der Waals surface area (Å²) in [7, 11) is 0. The number of nitrogens with zero attached hydrogens (tertiary/aromatic N) is 1. The van der Waals surface area contributed by atoms with Crippen LogP contribution in [0.5, 0.6) is 17.2 Å². The Morgan fingerprint density at radius 2 is 1.47 bits per heavy atom. The van der Waals surface area contributed by atoms with E-state index < -0.39 is 17.2 Å². The van der Waals surface area contributed by atoms with Crippen LogP contribution in [0, 0.1) is 0 Å². The molecule has 3 rings (SSSR count). The number of benzene rings is 2. The molecule has 7 nitrogen and oxygen atoms in total. The van der Waals surface area contributed by atoms with Crippen molar-refractivity contribution in [1.29, 1.82) is 0 Å². The highest BCUT2D eigenvalue weighted by atomic mass is 16.3. The second kappa shape index (κ2) is 8.26. The van der Waals surface area contributed by atoms with E-state index in [0.717, 1.165) is 17.7 Å². The Hall–Kier alpha value is -3.22. The van der Waals surface area contributed by atoms with Crippen LogP contribution in [0.25, 0.3) is 0 Å². The smallest absolute Gasteiger partial charge is 0.254 e. The summed E-state index contributed by atoms with van der Waals surface area (Å²) in [4.78, 5) is 26.8. The summed E-state index contributed by atoms with van der Waals surface area (Å²) >= 11 is 0. The number of piperidine rings is 1. The lowest BCUT2D eigenvalue weighted by molar-refractivity contribution is 0.0697. The first-order valence-electron chi connectivity index (χ1n) is 10.0. The van der Waals surface area contributed by atoms with Gasteiger partial charge < -0.3 is 25.5 Å². The molecule has 4 N–H and O–H groups in total. The molecule has 160 valence electrons. The van der Waals surface area contributed by atoms with Gasteiger partial charge in [0, 0.05) is 30.3 Å². The molecule has 30 heavy (non-hydrogen) atoms. The van der Waals surface area contributed by atoms with Crippen LogP contribution in [-0.4, -0.2) is 51.2 Å². The van der Waals surface area contributed by atoms with Crippen molar-refractivity contribution < 1.29 is 24.9 Å². The monoisotopic (exact) mass is 412 g/mol. The standard InChI is InChI=1S/C23H28N2O5/c1-23(2,3)16-6-4-14(5-7-16)21(29)24-17-8-10-25(11-9-17)22(30)15-12-18(26)20(28)19(27)13-15/h4-7,12-13,17,26-28H,8-11H2,1-3H3,(H,24,29). The Bertz CT molecular complexity index is 916. The fraction of sp³-hybridized carbons (Fsp3) is 0.391. The topological polar surface area (TPSA) is 110 Å². The molecule has 0 bridgehead atoms. The maximum absolute atomic E-state index is 12.6. The van der Waals surface area contributed by atoms with Gasteiger partial charge in [-0.1, -0.05) is 32.9 Å². The molecule has 0 saturated carbocycles. The second-order valence-electron chi connectivity index (χ2n) is 8.73. The van der Waals surface area contributed by atoms with Crippen molar-refractivity contribution in [2.45, 2.75) is 45.1 Å². The van der Waals surface area contributed by atoms with Gasteiger partial charge in [-0.2, -0.15) is 0 Å². The molecule has 1 heterocycles. The first-order chi connectivity index (χ1) is 14.1. The largest absolute Gasteiger partial charge is 0.504 e. The van der Waals surface area contributed by atoms with E-state index in [2.05, 4.69) is 26.1 Å². The van der Waals surface area contributed by atoms with E-state index in [1.165, 1.54) is 0 Å². The van der Waals surface area contributed by atoms with Crippen molar-refractivity contribution in [3.05, 3.63) is 53.1 Å². The fourth-order valence-electron chi connectivity index (χ4n) is 3.53. The highest BCUT2D eigenvalue weighted by Crippen LogP contribution is 2.35. The average Bonchev–Trinajstić information content (AvgIpc) is 2.71. The number of phenols is 3. The van der Waals surface area contributed by atoms with E-state index in [4.69, 9.17) is 0 Å². The molecule has 1 saturated heterocycles. The molecular formula is C23H28N2O5. The van der Waals surface area contributed by atoms with Crippen molar-refractivity contribution in [3.8, 4) is 17.2 Å². The zero-order valence-electron chi connectivity index (χ0n) is 17.5. The third-order valence-corrected chi connectivity index (χ3v) is 5.45. The molecule has 0 spiro atoms. The van der Waals surface area contributed by atoms with E-state index in [0.29, 0.717) is 31.5 Å².